The van der Waals surface area contributed by atoms with E-state index in [1.807, 2.05) is 0 Å². The van der Waals surface area contributed by atoms with E-state index in [0.29, 0.717) is 5.54 Å². The van der Waals surface area contributed by atoms with Gasteiger partial charge in [-0.25, -0.2) is 0 Å². The fraction of sp³-hybridized carbons (Fsp3) is 1.00. The molecule has 0 aromatic carbocycles. The molecule has 2 aliphatic rings. The monoisotopic (exact) mass is 238 g/mol. The van der Waals surface area contributed by atoms with E-state index in [0.717, 1.165) is 18.5 Å². The summed E-state index contributed by atoms with van der Waals surface area (Å²) in [6, 6.07) is 0.733. The normalized spacial score (nSPS) is 26.8. The molecule has 1 unspecified atom stereocenters. The fourth-order valence-corrected chi connectivity index (χ4v) is 3.99. The van der Waals surface area contributed by atoms with Gasteiger partial charge in [0.15, 0.2) is 0 Å². The van der Waals surface area contributed by atoms with Crippen molar-refractivity contribution in [3.05, 3.63) is 0 Å². The van der Waals surface area contributed by atoms with Crippen molar-refractivity contribution in [1.29, 1.82) is 0 Å². The minimum atomic E-state index is 0.444. The quantitative estimate of drug-likeness (QED) is 0.792. The molecule has 17 heavy (non-hydrogen) atoms. The molecule has 2 rings (SSSR count). The molecule has 0 aromatic rings. The second-order valence-electron chi connectivity index (χ2n) is 6.28. The number of rotatable bonds is 5. The van der Waals surface area contributed by atoms with E-state index in [9.17, 15) is 0 Å². The predicted molar refractivity (Wildman–Crippen MR) is 74.3 cm³/mol. The summed E-state index contributed by atoms with van der Waals surface area (Å²) in [4.78, 5) is 2.54. The van der Waals surface area contributed by atoms with E-state index in [1.165, 1.54) is 51.4 Å². The average Bonchev–Trinajstić information content (AvgIpc) is 2.27. The highest BCUT2D eigenvalue weighted by atomic mass is 15.2. The van der Waals surface area contributed by atoms with Gasteiger partial charge in [0.1, 0.15) is 0 Å². The maximum atomic E-state index is 3.83. The summed E-state index contributed by atoms with van der Waals surface area (Å²) in [5, 5.41) is 3.83. The van der Waals surface area contributed by atoms with Gasteiger partial charge in [-0.3, -0.25) is 0 Å². The molecule has 1 N–H and O–H groups in total. The molecular formula is C15H30N2. The SMILES string of the molecule is CCNC(C1CCC1)C1(N(C)C)CCCCC1. The van der Waals surface area contributed by atoms with Crippen LogP contribution in [0, 0.1) is 5.92 Å². The molecule has 2 fully saturated rings. The number of nitrogens with one attached hydrogen (secondary N) is 1. The van der Waals surface area contributed by atoms with Crippen LogP contribution in [0.3, 0.4) is 0 Å². The Morgan fingerprint density at radius 3 is 2.18 bits per heavy atom. The molecular weight excluding hydrogens is 208 g/mol. The Balaban J connectivity index is 2.15. The minimum absolute atomic E-state index is 0.444. The standard InChI is InChI=1S/C15H30N2/c1-4-16-14(13-9-8-10-13)15(17(2)3)11-6-5-7-12-15/h13-14,16H,4-12H2,1-3H3. The van der Waals surface area contributed by atoms with Crippen LogP contribution in [0.15, 0.2) is 0 Å². The van der Waals surface area contributed by atoms with Crippen LogP contribution in [0.25, 0.3) is 0 Å². The number of likely N-dealkylation sites (N-methyl/N-ethyl adjacent to an activating group) is 2. The molecule has 0 spiro atoms. The smallest absolute Gasteiger partial charge is 0.0359 e. The van der Waals surface area contributed by atoms with Crippen molar-refractivity contribution in [3.63, 3.8) is 0 Å². The van der Waals surface area contributed by atoms with Crippen LogP contribution >= 0.6 is 0 Å². The lowest BCUT2D eigenvalue weighted by molar-refractivity contribution is 0.0144. The summed E-state index contributed by atoms with van der Waals surface area (Å²) in [6.45, 7) is 3.38. The Bertz CT molecular complexity index is 227. The van der Waals surface area contributed by atoms with E-state index in [1.54, 1.807) is 0 Å². The molecule has 2 aliphatic carbocycles. The molecule has 0 amide bonds. The summed E-state index contributed by atoms with van der Waals surface area (Å²) in [6.07, 6.45) is 11.4. The highest BCUT2D eigenvalue weighted by Crippen LogP contribution is 2.42. The lowest BCUT2D eigenvalue weighted by Crippen LogP contribution is -2.63. The van der Waals surface area contributed by atoms with Gasteiger partial charge in [-0.15, -0.1) is 0 Å². The summed E-state index contributed by atoms with van der Waals surface area (Å²) < 4.78 is 0. The van der Waals surface area contributed by atoms with Crippen molar-refractivity contribution < 1.29 is 0 Å². The fourth-order valence-electron chi connectivity index (χ4n) is 3.99. The molecule has 0 aromatic heterocycles. The van der Waals surface area contributed by atoms with E-state index in [2.05, 4.69) is 31.2 Å². The first kappa shape index (κ1) is 13.4. The zero-order chi connectivity index (χ0) is 12.3. The number of hydrogen-bond donors (Lipinski definition) is 1. The second kappa shape index (κ2) is 5.71. The van der Waals surface area contributed by atoms with Crippen molar-refractivity contribution >= 4 is 0 Å². The van der Waals surface area contributed by atoms with Crippen LogP contribution in [0.4, 0.5) is 0 Å². The molecule has 100 valence electrons. The molecule has 0 heterocycles. The third-order valence-electron chi connectivity index (χ3n) is 5.23. The Kier molecular flexibility index (Phi) is 4.48. The summed E-state index contributed by atoms with van der Waals surface area (Å²) in [5.74, 6) is 0.940. The molecule has 0 radical (unpaired) electrons. The van der Waals surface area contributed by atoms with Crippen LogP contribution in [-0.2, 0) is 0 Å². The Morgan fingerprint density at radius 2 is 1.76 bits per heavy atom. The summed E-state index contributed by atoms with van der Waals surface area (Å²) in [7, 11) is 4.60. The first-order valence-electron chi connectivity index (χ1n) is 7.61. The lowest BCUT2D eigenvalue weighted by atomic mass is 9.66. The molecule has 0 saturated heterocycles. The average molecular weight is 238 g/mol. The third kappa shape index (κ3) is 2.53. The third-order valence-corrected chi connectivity index (χ3v) is 5.23. The highest BCUT2D eigenvalue weighted by Gasteiger charge is 2.45. The molecule has 2 nitrogen and oxygen atoms in total. The zero-order valence-electron chi connectivity index (χ0n) is 12.0. The van der Waals surface area contributed by atoms with E-state index in [4.69, 9.17) is 0 Å². The Labute approximate surface area is 107 Å². The molecule has 1 atom stereocenters. The van der Waals surface area contributed by atoms with E-state index >= 15 is 0 Å². The Morgan fingerprint density at radius 1 is 1.12 bits per heavy atom. The lowest BCUT2D eigenvalue weighted by Gasteiger charge is -2.53. The number of hydrogen-bond acceptors (Lipinski definition) is 2. The largest absolute Gasteiger partial charge is 0.312 e. The maximum Gasteiger partial charge on any atom is 0.0359 e. The van der Waals surface area contributed by atoms with Gasteiger partial charge >= 0.3 is 0 Å². The van der Waals surface area contributed by atoms with Gasteiger partial charge in [0.05, 0.1) is 0 Å². The van der Waals surface area contributed by atoms with Gasteiger partial charge in [0, 0.05) is 11.6 Å². The van der Waals surface area contributed by atoms with Crippen LogP contribution in [0.2, 0.25) is 0 Å². The first-order valence-corrected chi connectivity index (χ1v) is 7.61. The van der Waals surface area contributed by atoms with E-state index in [-0.39, 0.29) is 0 Å². The highest BCUT2D eigenvalue weighted by molar-refractivity contribution is 5.04. The van der Waals surface area contributed by atoms with Crippen LogP contribution in [0.5, 0.6) is 0 Å². The maximum absolute atomic E-state index is 3.83. The molecule has 0 bridgehead atoms. The van der Waals surface area contributed by atoms with Crippen molar-refractivity contribution in [1.82, 2.24) is 10.2 Å². The Hall–Kier alpha value is -0.0800. The van der Waals surface area contributed by atoms with E-state index < -0.39 is 0 Å². The van der Waals surface area contributed by atoms with Gasteiger partial charge in [-0.1, -0.05) is 32.6 Å². The second-order valence-corrected chi connectivity index (χ2v) is 6.28. The topological polar surface area (TPSA) is 15.3 Å². The van der Waals surface area contributed by atoms with Crippen LogP contribution in [-0.4, -0.2) is 37.1 Å². The zero-order valence-corrected chi connectivity index (χ0v) is 12.0. The van der Waals surface area contributed by atoms with Gasteiger partial charge in [-0.05, 0) is 52.2 Å². The first-order chi connectivity index (χ1) is 8.20. The van der Waals surface area contributed by atoms with Crippen molar-refractivity contribution in [2.45, 2.75) is 69.9 Å². The van der Waals surface area contributed by atoms with Gasteiger partial charge in [-0.2, -0.15) is 0 Å². The summed E-state index contributed by atoms with van der Waals surface area (Å²) in [5.41, 5.74) is 0.444. The van der Waals surface area contributed by atoms with Crippen molar-refractivity contribution in [2.75, 3.05) is 20.6 Å². The van der Waals surface area contributed by atoms with Gasteiger partial charge in [0.2, 0.25) is 0 Å². The van der Waals surface area contributed by atoms with Crippen LogP contribution in [0.1, 0.15) is 58.3 Å². The minimum Gasteiger partial charge on any atom is -0.312 e. The van der Waals surface area contributed by atoms with Gasteiger partial charge < -0.3 is 10.2 Å². The summed E-state index contributed by atoms with van der Waals surface area (Å²) >= 11 is 0. The van der Waals surface area contributed by atoms with Crippen LogP contribution < -0.4 is 5.32 Å². The van der Waals surface area contributed by atoms with Crippen molar-refractivity contribution in [2.24, 2.45) is 5.92 Å². The molecule has 2 heteroatoms. The molecule has 0 aliphatic heterocycles. The number of nitrogens with zero attached hydrogens (tertiary/aromatic N) is 1. The predicted octanol–water partition coefficient (Wildman–Crippen LogP) is 3.03. The van der Waals surface area contributed by atoms with Gasteiger partial charge in [0.25, 0.3) is 0 Å². The molecule has 2 saturated carbocycles. The van der Waals surface area contributed by atoms with Crippen molar-refractivity contribution in [3.8, 4) is 0 Å².